The Kier molecular flexibility index (Phi) is 11.1. The van der Waals surface area contributed by atoms with Crippen molar-refractivity contribution >= 4 is 46.8 Å². The topological polar surface area (TPSA) is 163 Å². The number of hydrogen-bond donors (Lipinski definition) is 5. The molecule has 35 heavy (non-hydrogen) atoms. The number of aliphatic carboxylic acids is 1. The highest BCUT2D eigenvalue weighted by atomic mass is 35.5. The lowest BCUT2D eigenvalue weighted by Crippen LogP contribution is -2.46. The number of rotatable bonds is 13. The summed E-state index contributed by atoms with van der Waals surface area (Å²) in [5, 5.41) is 20.6. The van der Waals surface area contributed by atoms with Gasteiger partial charge in [-0.15, -0.1) is 0 Å². The van der Waals surface area contributed by atoms with Crippen LogP contribution in [0.4, 0.5) is 0 Å². The molecule has 0 radical (unpaired) electrons. The van der Waals surface area contributed by atoms with E-state index >= 15 is 0 Å². The lowest BCUT2D eigenvalue weighted by molar-refractivity contribution is -0.138. The number of amides is 1. The van der Waals surface area contributed by atoms with Crippen LogP contribution in [0.3, 0.4) is 0 Å². The number of nitrogens with two attached hydrogens (primary N) is 2. The summed E-state index contributed by atoms with van der Waals surface area (Å²) in [5.41, 5.74) is 12.7. The molecule has 188 valence electrons. The Morgan fingerprint density at radius 1 is 1.06 bits per heavy atom. The number of carboxylic acids is 1. The summed E-state index contributed by atoms with van der Waals surface area (Å²) >= 11 is 12.1. The minimum atomic E-state index is -1.15. The lowest BCUT2D eigenvalue weighted by Gasteiger charge is -2.23. The summed E-state index contributed by atoms with van der Waals surface area (Å²) in [7, 11) is 0. The molecule has 0 aromatic heterocycles. The number of carbonyl (C=O) groups is 3. The number of nitrogens with one attached hydrogen (secondary N) is 2. The van der Waals surface area contributed by atoms with E-state index in [4.69, 9.17) is 45.2 Å². The fourth-order valence-corrected chi connectivity index (χ4v) is 3.70. The highest BCUT2D eigenvalue weighted by molar-refractivity contribution is 6.42. The van der Waals surface area contributed by atoms with Gasteiger partial charge in [-0.2, -0.15) is 0 Å². The maximum Gasteiger partial charge on any atom is 0.320 e. The molecule has 11 heteroatoms. The zero-order valence-corrected chi connectivity index (χ0v) is 20.6. The number of benzene rings is 2. The smallest absolute Gasteiger partial charge is 0.320 e. The number of Topliss-reactive ketones (excluding diaryl/α,β-unsaturated/α-hetero) is 1. The molecule has 0 heterocycles. The van der Waals surface area contributed by atoms with Gasteiger partial charge < -0.3 is 21.9 Å². The molecule has 2 aromatic rings. The summed E-state index contributed by atoms with van der Waals surface area (Å²) in [4.78, 5) is 37.8. The Hall–Kier alpha value is -2.98. The Labute approximate surface area is 213 Å². The van der Waals surface area contributed by atoms with E-state index in [1.165, 1.54) is 0 Å². The number of ketones is 1. The summed E-state index contributed by atoms with van der Waals surface area (Å²) in [5.74, 6) is -2.68. The highest BCUT2D eigenvalue weighted by Crippen LogP contribution is 2.22. The van der Waals surface area contributed by atoms with Gasteiger partial charge in [-0.05, 0) is 42.5 Å². The second kappa shape index (κ2) is 13.8. The third kappa shape index (κ3) is 9.29. The van der Waals surface area contributed by atoms with E-state index < -0.39 is 36.3 Å². The minimum absolute atomic E-state index is 0.0114. The fraction of sp³-hybridized carbons (Fsp3) is 0.333. The lowest BCUT2D eigenvalue weighted by atomic mass is 9.99. The molecule has 2 unspecified atom stereocenters. The number of carboxylic acid groups (broad SMARTS) is 1. The number of carbonyl (C=O) groups excluding carboxylic acids is 2. The summed E-state index contributed by atoms with van der Waals surface area (Å²) in [6, 6.07) is 12.7. The average Bonchev–Trinajstić information content (AvgIpc) is 2.81. The Morgan fingerprint density at radius 3 is 2.34 bits per heavy atom. The molecule has 0 saturated carbocycles. The normalized spacial score (nSPS) is 12.5. The first-order valence-electron chi connectivity index (χ1n) is 10.9. The Balaban J connectivity index is 2.08. The van der Waals surface area contributed by atoms with Crippen molar-refractivity contribution < 1.29 is 19.5 Å². The maximum absolute atomic E-state index is 13.1. The summed E-state index contributed by atoms with van der Waals surface area (Å²) in [6.07, 6.45) is 0.191. The van der Waals surface area contributed by atoms with Crippen LogP contribution in [0.2, 0.25) is 10.0 Å². The van der Waals surface area contributed by atoms with E-state index in [0.717, 1.165) is 16.0 Å². The molecule has 0 saturated heterocycles. The molecule has 0 spiro atoms. The summed E-state index contributed by atoms with van der Waals surface area (Å²) < 4.78 is 0. The largest absolute Gasteiger partial charge is 0.480 e. The van der Waals surface area contributed by atoms with Crippen LogP contribution >= 0.6 is 23.2 Å². The molecule has 2 rings (SSSR count). The standard InChI is InChI=1S/C24H29Cl2N5O4/c25-17-9-8-16(11-18(17)26)14-30-20(12-15-5-2-1-3-6-15)21(32)13-22(33)31(24(28)29)10-4-7-19(27)23(34)35/h1-3,5-6,8-9,11,19-20,30H,4,7,10,12-14,27H2,(H3,28,29)(H,34,35). The fourth-order valence-electron chi connectivity index (χ4n) is 3.38. The molecular weight excluding hydrogens is 493 g/mol. The zero-order valence-electron chi connectivity index (χ0n) is 19.0. The van der Waals surface area contributed by atoms with Crippen molar-refractivity contribution in [1.29, 1.82) is 5.41 Å². The first-order valence-corrected chi connectivity index (χ1v) is 11.7. The molecule has 0 aliphatic rings. The van der Waals surface area contributed by atoms with Crippen molar-refractivity contribution in [2.75, 3.05) is 6.54 Å². The predicted molar refractivity (Wildman–Crippen MR) is 135 cm³/mol. The minimum Gasteiger partial charge on any atom is -0.480 e. The van der Waals surface area contributed by atoms with Crippen LogP contribution in [-0.4, -0.2) is 52.3 Å². The predicted octanol–water partition coefficient (Wildman–Crippen LogP) is 2.57. The quantitative estimate of drug-likeness (QED) is 0.153. The highest BCUT2D eigenvalue weighted by Gasteiger charge is 2.25. The number of halogens is 2. The van der Waals surface area contributed by atoms with Crippen molar-refractivity contribution in [3.63, 3.8) is 0 Å². The summed E-state index contributed by atoms with van der Waals surface area (Å²) in [6.45, 7) is 0.306. The van der Waals surface area contributed by atoms with Gasteiger partial charge in [0.05, 0.1) is 22.5 Å². The van der Waals surface area contributed by atoms with Gasteiger partial charge in [0.2, 0.25) is 5.91 Å². The van der Waals surface area contributed by atoms with Gasteiger partial charge in [-0.25, -0.2) is 0 Å². The average molecular weight is 522 g/mol. The van der Waals surface area contributed by atoms with Crippen LogP contribution in [0.25, 0.3) is 0 Å². The third-order valence-electron chi connectivity index (χ3n) is 5.34. The SMILES string of the molecule is N=C(N)N(CCCC(N)C(=O)O)C(=O)CC(=O)C(Cc1ccccc1)NCc1ccc(Cl)c(Cl)c1. The second-order valence-electron chi connectivity index (χ2n) is 8.03. The molecule has 2 atom stereocenters. The van der Waals surface area contributed by atoms with Crippen molar-refractivity contribution in [3.8, 4) is 0 Å². The van der Waals surface area contributed by atoms with Crippen LogP contribution < -0.4 is 16.8 Å². The van der Waals surface area contributed by atoms with Crippen molar-refractivity contribution in [2.24, 2.45) is 11.5 Å². The van der Waals surface area contributed by atoms with E-state index in [1.807, 2.05) is 30.3 Å². The van der Waals surface area contributed by atoms with Crippen LogP contribution in [0, 0.1) is 5.41 Å². The van der Waals surface area contributed by atoms with Crippen molar-refractivity contribution in [1.82, 2.24) is 10.2 Å². The third-order valence-corrected chi connectivity index (χ3v) is 6.08. The second-order valence-corrected chi connectivity index (χ2v) is 8.85. The van der Waals surface area contributed by atoms with E-state index in [1.54, 1.807) is 18.2 Å². The van der Waals surface area contributed by atoms with E-state index in [-0.39, 0.29) is 25.2 Å². The van der Waals surface area contributed by atoms with Gasteiger partial charge in [0.15, 0.2) is 11.7 Å². The molecule has 0 aliphatic carbocycles. The maximum atomic E-state index is 13.1. The van der Waals surface area contributed by atoms with Gasteiger partial charge in [-0.1, -0.05) is 59.6 Å². The number of guanidine groups is 1. The monoisotopic (exact) mass is 521 g/mol. The molecule has 0 bridgehead atoms. The Bertz CT molecular complexity index is 1050. The first-order chi connectivity index (χ1) is 16.6. The molecular formula is C24H29Cl2N5O4. The van der Waals surface area contributed by atoms with Gasteiger partial charge in [-0.3, -0.25) is 24.7 Å². The molecule has 0 fully saturated rings. The first kappa shape index (κ1) is 28.3. The van der Waals surface area contributed by atoms with Gasteiger partial charge >= 0.3 is 5.97 Å². The van der Waals surface area contributed by atoms with E-state index in [0.29, 0.717) is 23.0 Å². The van der Waals surface area contributed by atoms with Crippen LogP contribution in [0.15, 0.2) is 48.5 Å². The molecule has 1 amide bonds. The van der Waals surface area contributed by atoms with Crippen molar-refractivity contribution in [2.45, 2.75) is 44.3 Å². The van der Waals surface area contributed by atoms with E-state index in [9.17, 15) is 14.4 Å². The molecule has 0 aliphatic heterocycles. The van der Waals surface area contributed by atoms with Gasteiger partial charge in [0.25, 0.3) is 0 Å². The number of hydrogen-bond acceptors (Lipinski definition) is 6. The Morgan fingerprint density at radius 2 is 1.74 bits per heavy atom. The van der Waals surface area contributed by atoms with Crippen molar-refractivity contribution in [3.05, 3.63) is 69.7 Å². The molecule has 9 nitrogen and oxygen atoms in total. The van der Waals surface area contributed by atoms with E-state index in [2.05, 4.69) is 5.32 Å². The van der Waals surface area contributed by atoms with Gasteiger partial charge in [0.1, 0.15) is 6.04 Å². The van der Waals surface area contributed by atoms with Crippen LogP contribution in [0.5, 0.6) is 0 Å². The molecule has 2 aromatic carbocycles. The van der Waals surface area contributed by atoms with Crippen LogP contribution in [0.1, 0.15) is 30.4 Å². The van der Waals surface area contributed by atoms with Crippen LogP contribution in [-0.2, 0) is 27.3 Å². The van der Waals surface area contributed by atoms with Gasteiger partial charge in [0, 0.05) is 13.1 Å². The zero-order chi connectivity index (χ0) is 26.0. The molecule has 7 N–H and O–H groups in total. The number of nitrogens with zero attached hydrogens (tertiary/aromatic N) is 1.